The van der Waals surface area contributed by atoms with Crippen molar-refractivity contribution in [1.82, 2.24) is 14.2 Å². The van der Waals surface area contributed by atoms with E-state index in [0.29, 0.717) is 50.4 Å². The molecule has 1 aromatic rings. The standard InChI is InChI=1S/C28H38F3N5O5S/c1-18-7-12-33(13-8-18)27(38)25-24-17-21(11-16-35(24)36(39)26(25)28(29,30)31)20-9-14-34(15-10-20)42(40,41)23-5-3-22(4-6-23)32-19(2)37/h3-6,18,20-21,24-26H,7-17H2,1-2H3/p+1. The molecule has 2 amide bonds. The van der Waals surface area contributed by atoms with Gasteiger partial charge in [0.15, 0.2) is 0 Å². The molecule has 14 heteroatoms. The van der Waals surface area contributed by atoms with Gasteiger partial charge >= 0.3 is 12.2 Å². The van der Waals surface area contributed by atoms with Gasteiger partial charge < -0.3 is 10.2 Å². The van der Waals surface area contributed by atoms with E-state index in [1.165, 1.54) is 45.4 Å². The number of piperidine rings is 3. The maximum Gasteiger partial charge on any atom is 0.460 e. The number of hydrogen-bond donors (Lipinski definition) is 1. The van der Waals surface area contributed by atoms with E-state index in [0.717, 1.165) is 12.8 Å². The number of carbonyl (C=O) groups excluding carboxylic acids is 2. The number of fused-ring (bicyclic) bond motifs is 1. The highest BCUT2D eigenvalue weighted by atomic mass is 32.2. The lowest BCUT2D eigenvalue weighted by Crippen LogP contribution is -2.52. The molecule has 10 nitrogen and oxygen atoms in total. The normalized spacial score (nSPS) is 28.5. The monoisotopic (exact) mass is 614 g/mol. The second kappa shape index (κ2) is 11.7. The first-order chi connectivity index (χ1) is 19.8. The number of nitrogens with one attached hydrogen (secondary N) is 1. The summed E-state index contributed by atoms with van der Waals surface area (Å²) < 4.78 is 70.5. The number of sulfonamides is 1. The Labute approximate surface area is 244 Å². The Hall–Kier alpha value is -2.74. The highest BCUT2D eigenvalue weighted by molar-refractivity contribution is 7.89. The molecule has 0 saturated carbocycles. The quantitative estimate of drug-likeness (QED) is 0.508. The molecule has 5 rings (SSSR count). The van der Waals surface area contributed by atoms with E-state index >= 15 is 0 Å². The molecule has 1 N–H and O–H groups in total. The van der Waals surface area contributed by atoms with Crippen LogP contribution in [0.3, 0.4) is 0 Å². The molecule has 4 aliphatic rings. The number of carbonyl (C=O) groups is 2. The Morgan fingerprint density at radius 1 is 0.929 bits per heavy atom. The molecule has 4 fully saturated rings. The fourth-order valence-electron chi connectivity index (χ4n) is 7.24. The van der Waals surface area contributed by atoms with Crippen molar-refractivity contribution < 1.29 is 36.0 Å². The lowest BCUT2D eigenvalue weighted by Gasteiger charge is -2.40. The van der Waals surface area contributed by atoms with Gasteiger partial charge in [-0.25, -0.2) is 8.42 Å². The maximum absolute atomic E-state index is 14.2. The van der Waals surface area contributed by atoms with Crippen LogP contribution in [0.1, 0.15) is 52.4 Å². The van der Waals surface area contributed by atoms with Crippen molar-refractivity contribution in [2.75, 3.05) is 38.0 Å². The van der Waals surface area contributed by atoms with Crippen LogP contribution in [0.15, 0.2) is 29.2 Å². The van der Waals surface area contributed by atoms with Crippen molar-refractivity contribution in [3.8, 4) is 0 Å². The van der Waals surface area contributed by atoms with Crippen molar-refractivity contribution in [1.29, 1.82) is 0 Å². The molecule has 4 atom stereocenters. The summed E-state index contributed by atoms with van der Waals surface area (Å²) in [6, 6.07) is 2.75. The maximum atomic E-state index is 14.2. The van der Waals surface area contributed by atoms with Gasteiger partial charge in [0.05, 0.1) is 16.3 Å². The summed E-state index contributed by atoms with van der Waals surface area (Å²) in [6.07, 6.45) is -1.46. The summed E-state index contributed by atoms with van der Waals surface area (Å²) in [6.45, 7) is 4.92. The SMILES string of the molecule is CC(=O)Nc1ccc(S(=O)(=O)N2CCC(C3CCN4C(C3)C(C(=O)N3CCC(C)CC3)C(C(F)(F)F)[N+]4=O)CC2)cc1. The summed E-state index contributed by atoms with van der Waals surface area (Å²) in [5.41, 5.74) is 0.495. The van der Waals surface area contributed by atoms with Crippen LogP contribution in [0.2, 0.25) is 0 Å². The topological polar surface area (TPSA) is 110 Å². The number of nitroso groups, excluding NO2 is 1. The first-order valence-electron chi connectivity index (χ1n) is 14.7. The van der Waals surface area contributed by atoms with Crippen LogP contribution >= 0.6 is 0 Å². The number of hydrogen-bond acceptors (Lipinski definition) is 5. The van der Waals surface area contributed by atoms with E-state index in [9.17, 15) is 36.1 Å². The minimum atomic E-state index is -4.84. The summed E-state index contributed by atoms with van der Waals surface area (Å²) in [4.78, 5) is 39.4. The summed E-state index contributed by atoms with van der Waals surface area (Å²) in [5, 5.41) is 3.82. The van der Waals surface area contributed by atoms with E-state index in [1.807, 2.05) is 0 Å². The van der Waals surface area contributed by atoms with Crippen LogP contribution < -0.4 is 5.32 Å². The van der Waals surface area contributed by atoms with Crippen LogP contribution in [-0.4, -0.2) is 90.3 Å². The van der Waals surface area contributed by atoms with E-state index in [4.69, 9.17) is 0 Å². The van der Waals surface area contributed by atoms with Gasteiger partial charge in [0, 0.05) is 38.8 Å². The minimum Gasteiger partial charge on any atom is -0.342 e. The minimum absolute atomic E-state index is 0.00916. The zero-order valence-corrected chi connectivity index (χ0v) is 24.7. The molecule has 0 spiro atoms. The molecular weight excluding hydrogens is 575 g/mol. The third-order valence-electron chi connectivity index (χ3n) is 9.60. The second-order valence-corrected chi connectivity index (χ2v) is 14.2. The average molecular weight is 615 g/mol. The Balaban J connectivity index is 1.26. The predicted octanol–water partition coefficient (Wildman–Crippen LogP) is 3.64. The molecule has 1 aromatic carbocycles. The summed E-state index contributed by atoms with van der Waals surface area (Å²) in [5.74, 6) is -1.84. The van der Waals surface area contributed by atoms with E-state index in [1.54, 1.807) is 0 Å². The van der Waals surface area contributed by atoms with Gasteiger partial charge in [-0.15, -0.1) is 5.01 Å². The molecular formula is C28H39F3N5O5S+. The fraction of sp³-hybridized carbons (Fsp3) is 0.714. The zero-order valence-electron chi connectivity index (χ0n) is 23.9. The van der Waals surface area contributed by atoms with Crippen molar-refractivity contribution in [3.05, 3.63) is 29.2 Å². The molecule has 0 bridgehead atoms. The van der Waals surface area contributed by atoms with Crippen molar-refractivity contribution in [2.24, 2.45) is 23.7 Å². The molecule has 42 heavy (non-hydrogen) atoms. The van der Waals surface area contributed by atoms with Gasteiger partial charge in [-0.1, -0.05) is 6.92 Å². The highest BCUT2D eigenvalue weighted by Gasteiger charge is 2.71. The first kappa shape index (κ1) is 30.7. The molecule has 0 radical (unpaired) electrons. The molecule has 4 unspecified atom stereocenters. The number of anilines is 1. The Bertz CT molecular complexity index is 1290. The van der Waals surface area contributed by atoms with Crippen LogP contribution in [0.4, 0.5) is 18.9 Å². The summed E-state index contributed by atoms with van der Waals surface area (Å²) in [7, 11) is -3.75. The third kappa shape index (κ3) is 6.01. The van der Waals surface area contributed by atoms with Crippen LogP contribution in [0.25, 0.3) is 0 Å². The molecule has 4 heterocycles. The van der Waals surface area contributed by atoms with Crippen LogP contribution in [0, 0.1) is 28.6 Å². The van der Waals surface area contributed by atoms with Gasteiger partial charge in [0.2, 0.25) is 21.8 Å². The number of benzene rings is 1. The Morgan fingerprint density at radius 2 is 1.52 bits per heavy atom. The molecule has 232 valence electrons. The number of amides is 2. The fourth-order valence-corrected chi connectivity index (χ4v) is 8.71. The summed E-state index contributed by atoms with van der Waals surface area (Å²) >= 11 is 0. The number of alkyl halides is 3. The molecule has 0 aliphatic carbocycles. The second-order valence-electron chi connectivity index (χ2n) is 12.3. The third-order valence-corrected chi connectivity index (χ3v) is 11.5. The van der Waals surface area contributed by atoms with Gasteiger partial charge in [0.1, 0.15) is 16.8 Å². The number of likely N-dealkylation sites (tertiary alicyclic amines) is 1. The van der Waals surface area contributed by atoms with Crippen LogP contribution in [0.5, 0.6) is 0 Å². The first-order valence-corrected chi connectivity index (χ1v) is 16.2. The molecule has 4 saturated heterocycles. The van der Waals surface area contributed by atoms with Crippen LogP contribution in [-0.2, 0) is 19.6 Å². The molecule has 0 aromatic heterocycles. The van der Waals surface area contributed by atoms with E-state index in [2.05, 4.69) is 12.2 Å². The lowest BCUT2D eigenvalue weighted by atomic mass is 9.74. The average Bonchev–Trinajstić information content (AvgIpc) is 3.25. The zero-order chi connectivity index (χ0) is 30.4. The Morgan fingerprint density at radius 3 is 2.10 bits per heavy atom. The lowest BCUT2D eigenvalue weighted by molar-refractivity contribution is -0.735. The highest BCUT2D eigenvalue weighted by Crippen LogP contribution is 2.46. The van der Waals surface area contributed by atoms with E-state index in [-0.39, 0.29) is 47.1 Å². The smallest absolute Gasteiger partial charge is 0.342 e. The number of rotatable bonds is 5. The number of nitrogens with zero attached hydrogens (tertiary/aromatic N) is 4. The molecule has 4 aliphatic heterocycles. The number of halogens is 3. The van der Waals surface area contributed by atoms with Gasteiger partial charge in [-0.05, 0) is 80.5 Å². The van der Waals surface area contributed by atoms with E-state index < -0.39 is 40.1 Å². The van der Waals surface area contributed by atoms with Gasteiger partial charge in [-0.3, -0.25) is 9.59 Å². The number of hydrazine groups is 1. The van der Waals surface area contributed by atoms with Gasteiger partial charge in [-0.2, -0.15) is 17.5 Å². The largest absolute Gasteiger partial charge is 0.460 e. The van der Waals surface area contributed by atoms with Crippen molar-refractivity contribution in [3.63, 3.8) is 0 Å². The predicted molar refractivity (Wildman–Crippen MR) is 147 cm³/mol. The van der Waals surface area contributed by atoms with Crippen molar-refractivity contribution >= 4 is 27.5 Å². The van der Waals surface area contributed by atoms with Gasteiger partial charge in [0.25, 0.3) is 0 Å². The van der Waals surface area contributed by atoms with Crippen molar-refractivity contribution in [2.45, 2.75) is 75.5 Å². The Kier molecular flexibility index (Phi) is 8.58.